The fraction of sp³-hybridized carbons (Fsp3) is 0.692. The van der Waals surface area contributed by atoms with Gasteiger partial charge in [0.1, 0.15) is 0 Å². The Morgan fingerprint density at radius 3 is 2.50 bits per heavy atom. The van der Waals surface area contributed by atoms with Crippen molar-refractivity contribution in [2.45, 2.75) is 20.3 Å². The predicted molar refractivity (Wildman–Crippen MR) is 73.2 cm³/mol. The van der Waals surface area contributed by atoms with Crippen LogP contribution in [0.3, 0.4) is 0 Å². The van der Waals surface area contributed by atoms with Crippen molar-refractivity contribution < 1.29 is 4.74 Å². The number of likely N-dealkylation sites (N-methyl/N-ethyl adjacent to an activating group) is 1. The summed E-state index contributed by atoms with van der Waals surface area (Å²) in [6.07, 6.45) is 1.14. The molecular formula is C13H22N2O3. The lowest BCUT2D eigenvalue weighted by atomic mass is 10.1. The Bertz CT molecular complexity index is 435. The SMILES string of the molecule is CCCN(C)CCOCCNc1c(C)c(=O)c1=O. The van der Waals surface area contributed by atoms with E-state index in [9.17, 15) is 9.59 Å². The average Bonchev–Trinajstić information content (AvgIpc) is 2.37. The van der Waals surface area contributed by atoms with Crippen LogP contribution in [0.1, 0.15) is 18.9 Å². The second-order valence-corrected chi connectivity index (χ2v) is 4.50. The summed E-state index contributed by atoms with van der Waals surface area (Å²) in [5.41, 5.74) is 0.198. The molecule has 0 saturated carbocycles. The van der Waals surface area contributed by atoms with Crippen molar-refractivity contribution in [3.05, 3.63) is 26.0 Å². The van der Waals surface area contributed by atoms with Gasteiger partial charge in [-0.15, -0.1) is 0 Å². The predicted octanol–water partition coefficient (Wildman–Crippen LogP) is 0.361. The van der Waals surface area contributed by atoms with Crippen molar-refractivity contribution in [3.63, 3.8) is 0 Å². The molecule has 1 rings (SSSR count). The maximum Gasteiger partial charge on any atom is 0.249 e. The lowest BCUT2D eigenvalue weighted by Crippen LogP contribution is -2.37. The van der Waals surface area contributed by atoms with Crippen molar-refractivity contribution in [2.24, 2.45) is 0 Å². The Hall–Kier alpha value is -1.20. The third kappa shape index (κ3) is 3.92. The maximum atomic E-state index is 11.1. The first-order valence-corrected chi connectivity index (χ1v) is 6.38. The number of hydrogen-bond acceptors (Lipinski definition) is 5. The summed E-state index contributed by atoms with van der Waals surface area (Å²) < 4.78 is 5.44. The van der Waals surface area contributed by atoms with Crippen molar-refractivity contribution in [3.8, 4) is 0 Å². The van der Waals surface area contributed by atoms with Crippen LogP contribution in [0.25, 0.3) is 0 Å². The molecule has 18 heavy (non-hydrogen) atoms. The van der Waals surface area contributed by atoms with Gasteiger partial charge in [0.05, 0.1) is 18.9 Å². The molecule has 0 radical (unpaired) electrons. The largest absolute Gasteiger partial charge is 0.379 e. The molecule has 5 nitrogen and oxygen atoms in total. The molecular weight excluding hydrogens is 232 g/mol. The summed E-state index contributed by atoms with van der Waals surface area (Å²) in [4.78, 5) is 24.3. The van der Waals surface area contributed by atoms with Crippen LogP contribution >= 0.6 is 0 Å². The minimum atomic E-state index is -0.407. The zero-order valence-electron chi connectivity index (χ0n) is 11.4. The van der Waals surface area contributed by atoms with E-state index in [4.69, 9.17) is 4.74 Å². The molecule has 0 aliphatic rings. The Morgan fingerprint density at radius 2 is 1.89 bits per heavy atom. The van der Waals surface area contributed by atoms with Crippen LogP contribution in [-0.2, 0) is 4.74 Å². The third-order valence-corrected chi connectivity index (χ3v) is 2.92. The van der Waals surface area contributed by atoms with E-state index in [1.165, 1.54) is 0 Å². The number of nitrogens with one attached hydrogen (secondary N) is 1. The van der Waals surface area contributed by atoms with E-state index in [1.807, 2.05) is 0 Å². The normalized spacial score (nSPS) is 11.3. The van der Waals surface area contributed by atoms with Crippen LogP contribution in [0.15, 0.2) is 9.59 Å². The lowest BCUT2D eigenvalue weighted by Gasteiger charge is -2.15. The second kappa shape index (κ2) is 7.28. The van der Waals surface area contributed by atoms with Crippen LogP contribution in [0.2, 0.25) is 0 Å². The van der Waals surface area contributed by atoms with E-state index in [1.54, 1.807) is 6.92 Å². The molecule has 0 amide bonds. The molecule has 0 atom stereocenters. The van der Waals surface area contributed by atoms with Crippen molar-refractivity contribution in [1.29, 1.82) is 0 Å². The molecule has 0 unspecified atom stereocenters. The summed E-state index contributed by atoms with van der Waals surface area (Å²) >= 11 is 0. The minimum absolute atomic E-state index is 0.375. The Labute approximate surface area is 107 Å². The average molecular weight is 254 g/mol. The molecule has 0 aliphatic carbocycles. The number of hydrogen-bond donors (Lipinski definition) is 1. The van der Waals surface area contributed by atoms with Gasteiger partial charge in [0.15, 0.2) is 0 Å². The first-order chi connectivity index (χ1) is 8.57. The number of anilines is 1. The summed E-state index contributed by atoms with van der Waals surface area (Å²) in [5.74, 6) is 0. The molecule has 0 saturated heterocycles. The standard InChI is InChI=1S/C13H22N2O3/c1-4-6-15(3)7-9-18-8-5-14-11-10(2)12(16)13(11)17/h14H,4-9H2,1-3H3. The molecule has 1 aromatic carbocycles. The Morgan fingerprint density at radius 1 is 1.17 bits per heavy atom. The number of nitrogens with zero attached hydrogens (tertiary/aromatic N) is 1. The van der Waals surface area contributed by atoms with Crippen LogP contribution in [0, 0.1) is 6.92 Å². The molecule has 0 fully saturated rings. The highest BCUT2D eigenvalue weighted by Crippen LogP contribution is 2.03. The van der Waals surface area contributed by atoms with Gasteiger partial charge < -0.3 is 15.0 Å². The second-order valence-electron chi connectivity index (χ2n) is 4.50. The van der Waals surface area contributed by atoms with Crippen LogP contribution in [-0.4, -0.2) is 44.8 Å². The maximum absolute atomic E-state index is 11.1. The molecule has 0 spiro atoms. The van der Waals surface area contributed by atoms with E-state index in [0.29, 0.717) is 31.0 Å². The molecule has 0 aromatic heterocycles. The summed E-state index contributed by atoms with van der Waals surface area (Å²) in [6, 6.07) is 0. The Balaban J connectivity index is 2.06. The van der Waals surface area contributed by atoms with Gasteiger partial charge in [-0.3, -0.25) is 9.59 Å². The lowest BCUT2D eigenvalue weighted by molar-refractivity contribution is 0.119. The summed E-state index contributed by atoms with van der Waals surface area (Å²) in [6.45, 7) is 7.57. The van der Waals surface area contributed by atoms with Gasteiger partial charge in [-0.25, -0.2) is 0 Å². The first-order valence-electron chi connectivity index (χ1n) is 6.38. The van der Waals surface area contributed by atoms with E-state index < -0.39 is 5.43 Å². The molecule has 5 heteroatoms. The molecule has 102 valence electrons. The van der Waals surface area contributed by atoms with Gasteiger partial charge in [-0.2, -0.15) is 0 Å². The zero-order valence-corrected chi connectivity index (χ0v) is 11.4. The van der Waals surface area contributed by atoms with Gasteiger partial charge in [0.2, 0.25) is 10.9 Å². The van der Waals surface area contributed by atoms with Crippen LogP contribution in [0.4, 0.5) is 5.69 Å². The van der Waals surface area contributed by atoms with E-state index in [0.717, 1.165) is 19.5 Å². The van der Waals surface area contributed by atoms with Gasteiger partial charge in [0.25, 0.3) is 0 Å². The molecule has 1 N–H and O–H groups in total. The third-order valence-electron chi connectivity index (χ3n) is 2.92. The first kappa shape index (κ1) is 14.9. The van der Waals surface area contributed by atoms with Crippen LogP contribution < -0.4 is 16.2 Å². The molecule has 0 heterocycles. The van der Waals surface area contributed by atoms with Crippen molar-refractivity contribution >= 4 is 5.69 Å². The fourth-order valence-electron chi connectivity index (χ4n) is 1.78. The summed E-state index contributed by atoms with van der Waals surface area (Å²) in [5, 5.41) is 2.93. The molecule has 0 bridgehead atoms. The zero-order chi connectivity index (χ0) is 13.5. The number of ether oxygens (including phenoxy) is 1. The Kier molecular flexibility index (Phi) is 6.01. The van der Waals surface area contributed by atoms with Gasteiger partial charge >= 0.3 is 0 Å². The quantitative estimate of drug-likeness (QED) is 0.509. The minimum Gasteiger partial charge on any atom is -0.379 e. The van der Waals surface area contributed by atoms with Gasteiger partial charge in [0, 0.05) is 18.7 Å². The van der Waals surface area contributed by atoms with Gasteiger partial charge in [-0.05, 0) is 26.9 Å². The highest BCUT2D eigenvalue weighted by Gasteiger charge is 2.15. The fourth-order valence-corrected chi connectivity index (χ4v) is 1.78. The molecule has 1 aromatic rings. The van der Waals surface area contributed by atoms with Crippen molar-refractivity contribution in [1.82, 2.24) is 4.90 Å². The highest BCUT2D eigenvalue weighted by molar-refractivity contribution is 5.55. The van der Waals surface area contributed by atoms with E-state index >= 15 is 0 Å². The van der Waals surface area contributed by atoms with E-state index in [2.05, 4.69) is 24.2 Å². The monoisotopic (exact) mass is 254 g/mol. The van der Waals surface area contributed by atoms with Gasteiger partial charge in [-0.1, -0.05) is 6.92 Å². The van der Waals surface area contributed by atoms with Crippen LogP contribution in [0.5, 0.6) is 0 Å². The van der Waals surface area contributed by atoms with Crippen molar-refractivity contribution in [2.75, 3.05) is 45.2 Å². The highest BCUT2D eigenvalue weighted by atomic mass is 16.5. The van der Waals surface area contributed by atoms with E-state index in [-0.39, 0.29) is 5.43 Å². The molecule has 0 aliphatic heterocycles. The number of rotatable bonds is 9. The topological polar surface area (TPSA) is 58.6 Å². The smallest absolute Gasteiger partial charge is 0.249 e. The summed E-state index contributed by atoms with van der Waals surface area (Å²) in [7, 11) is 2.07.